The van der Waals surface area contributed by atoms with Gasteiger partial charge in [0.25, 0.3) is 5.91 Å². The van der Waals surface area contributed by atoms with Crippen molar-refractivity contribution in [2.45, 2.75) is 55.6 Å². The number of benzene rings is 2. The first kappa shape index (κ1) is 21.6. The summed E-state index contributed by atoms with van der Waals surface area (Å²) < 4.78 is 23.2. The van der Waals surface area contributed by atoms with Crippen molar-refractivity contribution in [3.8, 4) is 0 Å². The van der Waals surface area contributed by atoms with Gasteiger partial charge in [-0.25, -0.2) is 8.42 Å². The highest BCUT2D eigenvalue weighted by molar-refractivity contribution is 7.90. The lowest BCUT2D eigenvalue weighted by Crippen LogP contribution is -2.49. The summed E-state index contributed by atoms with van der Waals surface area (Å²) in [7, 11) is -3.25. The van der Waals surface area contributed by atoms with E-state index < -0.39 is 15.9 Å². The molecule has 7 heteroatoms. The Bertz CT molecular complexity index is 1050. The fraction of sp³-hybridized carbons (Fsp3) is 0.417. The summed E-state index contributed by atoms with van der Waals surface area (Å²) in [5.41, 5.74) is 1.43. The van der Waals surface area contributed by atoms with E-state index in [4.69, 9.17) is 0 Å². The van der Waals surface area contributed by atoms with Gasteiger partial charge in [0.15, 0.2) is 9.84 Å². The highest BCUT2D eigenvalue weighted by Gasteiger charge is 2.47. The smallest absolute Gasteiger partial charge is 0.254 e. The molecule has 1 aliphatic carbocycles. The molecule has 1 aliphatic heterocycles. The number of carbonyl (C=O) groups is 2. The van der Waals surface area contributed by atoms with Crippen LogP contribution in [-0.2, 0) is 21.2 Å². The van der Waals surface area contributed by atoms with Crippen molar-refractivity contribution in [3.05, 3.63) is 65.7 Å². The second-order valence-electron chi connectivity index (χ2n) is 8.58. The molecule has 0 radical (unpaired) electrons. The predicted molar refractivity (Wildman–Crippen MR) is 118 cm³/mol. The number of rotatable bonds is 5. The average Bonchev–Trinajstić information content (AvgIpc) is 3.17. The van der Waals surface area contributed by atoms with Crippen molar-refractivity contribution < 1.29 is 18.0 Å². The summed E-state index contributed by atoms with van der Waals surface area (Å²) in [6.07, 6.45) is 6.10. The SMILES string of the molecule is CS(=O)(=O)c1ccc(CNC(=O)C2CC3CCCCC3N2C(=O)c2ccccc2)cc1. The zero-order chi connectivity index (χ0) is 22.0. The molecule has 0 spiro atoms. The first-order valence-electron chi connectivity index (χ1n) is 10.8. The molecule has 4 rings (SSSR count). The first-order valence-corrected chi connectivity index (χ1v) is 12.7. The molecule has 1 heterocycles. The van der Waals surface area contributed by atoms with Gasteiger partial charge in [0.1, 0.15) is 6.04 Å². The highest BCUT2D eigenvalue weighted by Crippen LogP contribution is 2.40. The largest absolute Gasteiger partial charge is 0.350 e. The molecule has 31 heavy (non-hydrogen) atoms. The number of likely N-dealkylation sites (tertiary alicyclic amines) is 1. The maximum absolute atomic E-state index is 13.3. The lowest BCUT2D eigenvalue weighted by atomic mass is 9.84. The molecule has 2 aromatic rings. The van der Waals surface area contributed by atoms with E-state index in [2.05, 4.69) is 5.32 Å². The number of amides is 2. The van der Waals surface area contributed by atoms with Crippen LogP contribution in [0.2, 0.25) is 0 Å². The van der Waals surface area contributed by atoms with E-state index in [0.717, 1.165) is 31.2 Å². The van der Waals surface area contributed by atoms with Gasteiger partial charge in [0.2, 0.25) is 5.91 Å². The van der Waals surface area contributed by atoms with Crippen LogP contribution in [0.25, 0.3) is 0 Å². The molecule has 164 valence electrons. The number of nitrogens with one attached hydrogen (secondary N) is 1. The monoisotopic (exact) mass is 440 g/mol. The maximum atomic E-state index is 13.3. The molecule has 1 N–H and O–H groups in total. The molecule has 2 fully saturated rings. The van der Waals surface area contributed by atoms with Crippen LogP contribution >= 0.6 is 0 Å². The van der Waals surface area contributed by atoms with Crippen LogP contribution in [0.3, 0.4) is 0 Å². The van der Waals surface area contributed by atoms with Gasteiger partial charge < -0.3 is 10.2 Å². The van der Waals surface area contributed by atoms with Crippen molar-refractivity contribution in [1.29, 1.82) is 0 Å². The zero-order valence-corrected chi connectivity index (χ0v) is 18.5. The Kier molecular flexibility index (Phi) is 6.14. The number of fused-ring (bicyclic) bond motifs is 1. The summed E-state index contributed by atoms with van der Waals surface area (Å²) in [6, 6.07) is 15.3. The van der Waals surface area contributed by atoms with Crippen molar-refractivity contribution >= 4 is 21.7 Å². The van der Waals surface area contributed by atoms with Gasteiger partial charge in [-0.1, -0.05) is 43.2 Å². The number of nitrogens with zero attached hydrogens (tertiary/aromatic N) is 1. The van der Waals surface area contributed by atoms with Crippen LogP contribution in [0.4, 0.5) is 0 Å². The van der Waals surface area contributed by atoms with Gasteiger partial charge >= 0.3 is 0 Å². The van der Waals surface area contributed by atoms with E-state index in [1.165, 1.54) is 6.26 Å². The van der Waals surface area contributed by atoms with Crippen LogP contribution < -0.4 is 5.32 Å². The van der Waals surface area contributed by atoms with Gasteiger partial charge in [0.05, 0.1) is 4.90 Å². The molecule has 0 bridgehead atoms. The number of hydrogen-bond donors (Lipinski definition) is 1. The molecular weight excluding hydrogens is 412 g/mol. The molecule has 1 saturated heterocycles. The molecule has 2 aliphatic rings. The number of carbonyl (C=O) groups excluding carboxylic acids is 2. The maximum Gasteiger partial charge on any atom is 0.254 e. The quantitative estimate of drug-likeness (QED) is 0.774. The molecule has 2 aromatic carbocycles. The van der Waals surface area contributed by atoms with Crippen molar-refractivity contribution in [3.63, 3.8) is 0 Å². The summed E-state index contributed by atoms with van der Waals surface area (Å²) in [6.45, 7) is 0.294. The van der Waals surface area contributed by atoms with Gasteiger partial charge in [-0.15, -0.1) is 0 Å². The van der Waals surface area contributed by atoms with Crippen molar-refractivity contribution in [1.82, 2.24) is 10.2 Å². The Hall–Kier alpha value is -2.67. The van der Waals surface area contributed by atoms with Crippen LogP contribution in [0.15, 0.2) is 59.5 Å². The van der Waals surface area contributed by atoms with Crippen LogP contribution in [-0.4, -0.2) is 43.5 Å². The van der Waals surface area contributed by atoms with Crippen LogP contribution in [0.1, 0.15) is 48.0 Å². The Balaban J connectivity index is 1.49. The minimum atomic E-state index is -3.25. The van der Waals surface area contributed by atoms with Crippen LogP contribution in [0, 0.1) is 5.92 Å². The molecule has 3 atom stereocenters. The Morgan fingerprint density at radius 1 is 1.00 bits per heavy atom. The van der Waals surface area contributed by atoms with Gasteiger partial charge in [0, 0.05) is 24.4 Å². The third-order valence-electron chi connectivity index (χ3n) is 6.46. The van der Waals surface area contributed by atoms with Gasteiger partial charge in [-0.3, -0.25) is 9.59 Å². The standard InChI is InChI=1S/C24H28N2O4S/c1-31(29,30)20-13-11-17(12-14-20)16-25-23(27)22-15-19-9-5-6-10-21(19)26(22)24(28)18-7-3-2-4-8-18/h2-4,7-8,11-14,19,21-22H,5-6,9-10,15-16H2,1H3,(H,25,27). The van der Waals surface area contributed by atoms with E-state index in [1.807, 2.05) is 23.1 Å². The Morgan fingerprint density at radius 3 is 2.35 bits per heavy atom. The average molecular weight is 441 g/mol. The molecule has 3 unspecified atom stereocenters. The zero-order valence-electron chi connectivity index (χ0n) is 17.7. The minimum absolute atomic E-state index is 0.0762. The van der Waals surface area contributed by atoms with E-state index in [-0.39, 0.29) is 22.8 Å². The summed E-state index contributed by atoms with van der Waals surface area (Å²) in [4.78, 5) is 28.5. The lowest BCUT2D eigenvalue weighted by molar-refractivity contribution is -0.125. The predicted octanol–water partition coefficient (Wildman–Crippen LogP) is 3.18. The topological polar surface area (TPSA) is 83.6 Å². The summed E-state index contributed by atoms with van der Waals surface area (Å²) in [5, 5.41) is 2.96. The fourth-order valence-corrected chi connectivity index (χ4v) is 5.51. The lowest BCUT2D eigenvalue weighted by Gasteiger charge is -2.33. The fourth-order valence-electron chi connectivity index (χ4n) is 4.88. The Morgan fingerprint density at radius 2 is 1.68 bits per heavy atom. The molecular formula is C24H28N2O4S. The van der Waals surface area contributed by atoms with Crippen LogP contribution in [0.5, 0.6) is 0 Å². The third-order valence-corrected chi connectivity index (χ3v) is 7.59. The third kappa shape index (κ3) is 4.66. The molecule has 1 saturated carbocycles. The molecule has 2 amide bonds. The highest BCUT2D eigenvalue weighted by atomic mass is 32.2. The van der Waals surface area contributed by atoms with E-state index in [9.17, 15) is 18.0 Å². The molecule has 0 aromatic heterocycles. The van der Waals surface area contributed by atoms with Gasteiger partial charge in [-0.05, 0) is 55.0 Å². The van der Waals surface area contributed by atoms with Crippen molar-refractivity contribution in [2.75, 3.05) is 6.26 Å². The molecule has 6 nitrogen and oxygen atoms in total. The van der Waals surface area contributed by atoms with E-state index in [0.29, 0.717) is 24.4 Å². The second-order valence-corrected chi connectivity index (χ2v) is 10.6. The normalized spacial score (nSPS) is 23.3. The second kappa shape index (κ2) is 8.83. The number of sulfone groups is 1. The first-order chi connectivity index (χ1) is 14.8. The Labute approximate surface area is 183 Å². The summed E-state index contributed by atoms with van der Waals surface area (Å²) in [5.74, 6) is 0.143. The minimum Gasteiger partial charge on any atom is -0.350 e. The summed E-state index contributed by atoms with van der Waals surface area (Å²) >= 11 is 0. The van der Waals surface area contributed by atoms with Crippen molar-refractivity contribution in [2.24, 2.45) is 5.92 Å². The van der Waals surface area contributed by atoms with Gasteiger partial charge in [-0.2, -0.15) is 0 Å². The number of hydrogen-bond acceptors (Lipinski definition) is 4. The van der Waals surface area contributed by atoms with E-state index >= 15 is 0 Å². The van der Waals surface area contributed by atoms with E-state index in [1.54, 1.807) is 36.4 Å².